The van der Waals surface area contributed by atoms with Crippen LogP contribution in [0.1, 0.15) is 38.5 Å². The average molecular weight is 418 g/mol. The van der Waals surface area contributed by atoms with Crippen LogP contribution in [0.25, 0.3) is 11.3 Å². The lowest BCUT2D eigenvalue weighted by atomic mass is 9.88. The van der Waals surface area contributed by atoms with E-state index >= 15 is 0 Å². The van der Waals surface area contributed by atoms with E-state index in [0.717, 1.165) is 11.1 Å². The van der Waals surface area contributed by atoms with Gasteiger partial charge in [0.05, 0.1) is 18.3 Å². The first-order valence-electron chi connectivity index (χ1n) is 9.30. The summed E-state index contributed by atoms with van der Waals surface area (Å²) in [6, 6.07) is 6.65. The molecule has 0 aliphatic rings. The molecule has 160 valence electrons. The van der Waals surface area contributed by atoms with Gasteiger partial charge >= 0.3 is 0 Å². The predicted octanol–water partition coefficient (Wildman–Crippen LogP) is 3.25. The number of halogens is 2. The Morgan fingerprint density at radius 3 is 2.57 bits per heavy atom. The van der Waals surface area contributed by atoms with Crippen LogP contribution in [0.3, 0.4) is 0 Å². The van der Waals surface area contributed by atoms with Crippen molar-refractivity contribution < 1.29 is 19.0 Å². The molecule has 1 unspecified atom stereocenters. The molecular weight excluding hydrogens is 394 g/mol. The SMILES string of the molecule is Cc1cc(Nc2nccc(C(F)F)n2)cc(-c2cn(CC(C)(O)C(C)(C)O)nn2)c1. The molecule has 0 spiro atoms. The van der Waals surface area contributed by atoms with Crippen molar-refractivity contribution in [2.75, 3.05) is 5.32 Å². The number of anilines is 2. The van der Waals surface area contributed by atoms with Crippen LogP contribution >= 0.6 is 0 Å². The van der Waals surface area contributed by atoms with Crippen molar-refractivity contribution in [1.82, 2.24) is 25.0 Å². The van der Waals surface area contributed by atoms with Gasteiger partial charge < -0.3 is 15.5 Å². The van der Waals surface area contributed by atoms with E-state index < -0.39 is 17.6 Å². The van der Waals surface area contributed by atoms with Gasteiger partial charge in [0.2, 0.25) is 5.95 Å². The van der Waals surface area contributed by atoms with Crippen molar-refractivity contribution in [3.8, 4) is 11.3 Å². The molecule has 3 N–H and O–H groups in total. The molecule has 1 aromatic carbocycles. The van der Waals surface area contributed by atoms with E-state index in [1.165, 1.54) is 37.7 Å². The van der Waals surface area contributed by atoms with Crippen LogP contribution in [-0.2, 0) is 6.54 Å². The zero-order valence-corrected chi connectivity index (χ0v) is 17.1. The van der Waals surface area contributed by atoms with Crippen LogP contribution in [0.15, 0.2) is 36.7 Å². The monoisotopic (exact) mass is 418 g/mol. The van der Waals surface area contributed by atoms with Gasteiger partial charge in [0.1, 0.15) is 17.0 Å². The quantitative estimate of drug-likeness (QED) is 0.540. The Balaban J connectivity index is 1.84. The number of aryl methyl sites for hydroxylation is 1. The summed E-state index contributed by atoms with van der Waals surface area (Å²) in [5, 5.41) is 31.7. The fraction of sp³-hybridized carbons (Fsp3) is 0.400. The Morgan fingerprint density at radius 2 is 1.90 bits per heavy atom. The summed E-state index contributed by atoms with van der Waals surface area (Å²) in [4.78, 5) is 7.79. The lowest BCUT2D eigenvalue weighted by molar-refractivity contribution is -0.129. The molecule has 2 heterocycles. The van der Waals surface area contributed by atoms with Crippen molar-refractivity contribution in [3.05, 3.63) is 47.9 Å². The van der Waals surface area contributed by atoms with E-state index in [2.05, 4.69) is 25.6 Å². The summed E-state index contributed by atoms with van der Waals surface area (Å²) in [5.74, 6) is 0.0641. The van der Waals surface area contributed by atoms with Gasteiger partial charge in [0.25, 0.3) is 6.43 Å². The molecule has 0 aliphatic heterocycles. The maximum Gasteiger partial charge on any atom is 0.280 e. The average Bonchev–Trinajstić information content (AvgIpc) is 3.08. The van der Waals surface area contributed by atoms with E-state index in [4.69, 9.17) is 0 Å². The predicted molar refractivity (Wildman–Crippen MR) is 107 cm³/mol. The summed E-state index contributed by atoms with van der Waals surface area (Å²) in [6.07, 6.45) is 0.248. The maximum atomic E-state index is 12.9. The van der Waals surface area contributed by atoms with Gasteiger partial charge in [0, 0.05) is 17.4 Å². The largest absolute Gasteiger partial charge is 0.387 e. The normalized spacial score (nSPS) is 14.0. The molecule has 0 saturated heterocycles. The molecule has 0 saturated carbocycles. The Hall–Kier alpha value is -2.98. The molecular formula is C20H24F2N6O2. The molecule has 10 heteroatoms. The number of rotatable bonds is 7. The van der Waals surface area contributed by atoms with Crippen LogP contribution in [0.4, 0.5) is 20.4 Å². The molecule has 1 atom stereocenters. The van der Waals surface area contributed by atoms with Crippen molar-refractivity contribution in [3.63, 3.8) is 0 Å². The molecule has 2 aromatic heterocycles. The zero-order valence-electron chi connectivity index (χ0n) is 17.1. The Morgan fingerprint density at radius 1 is 1.17 bits per heavy atom. The second-order valence-electron chi connectivity index (χ2n) is 7.95. The first kappa shape index (κ1) is 21.7. The zero-order chi connectivity index (χ0) is 22.1. The van der Waals surface area contributed by atoms with Crippen LogP contribution in [0.2, 0.25) is 0 Å². The smallest absolute Gasteiger partial charge is 0.280 e. The summed E-state index contributed by atoms with van der Waals surface area (Å²) >= 11 is 0. The number of alkyl halides is 2. The van der Waals surface area contributed by atoms with Crippen LogP contribution in [0, 0.1) is 6.92 Å². The molecule has 3 rings (SSSR count). The van der Waals surface area contributed by atoms with Gasteiger partial charge in [-0.05, 0) is 57.5 Å². The second kappa shape index (κ2) is 8.04. The third kappa shape index (κ3) is 4.95. The number of aliphatic hydroxyl groups is 2. The minimum Gasteiger partial charge on any atom is -0.387 e. The Labute approximate surface area is 172 Å². The van der Waals surface area contributed by atoms with Crippen molar-refractivity contribution in [1.29, 1.82) is 0 Å². The molecule has 0 amide bonds. The number of aromatic nitrogens is 5. The van der Waals surface area contributed by atoms with E-state index in [0.29, 0.717) is 11.4 Å². The van der Waals surface area contributed by atoms with Gasteiger partial charge in [-0.25, -0.2) is 23.4 Å². The highest BCUT2D eigenvalue weighted by Crippen LogP contribution is 2.27. The van der Waals surface area contributed by atoms with E-state index in [1.54, 1.807) is 12.3 Å². The first-order valence-corrected chi connectivity index (χ1v) is 9.30. The molecule has 8 nitrogen and oxygen atoms in total. The highest BCUT2D eigenvalue weighted by molar-refractivity contribution is 5.68. The number of nitrogens with one attached hydrogen (secondary N) is 1. The topological polar surface area (TPSA) is 109 Å². The minimum absolute atomic E-state index is 0.0503. The summed E-state index contributed by atoms with van der Waals surface area (Å²) in [7, 11) is 0. The standard InChI is InChI=1S/C20H24F2N6O2/c1-12-7-13(16-10-28(27-26-16)11-20(4,30)19(2,3)29)9-14(8-12)24-18-23-6-5-15(25-18)17(21)22/h5-10,17,29-30H,11H2,1-4H3,(H,23,24,25). The number of hydrogen-bond donors (Lipinski definition) is 3. The van der Waals surface area contributed by atoms with Crippen molar-refractivity contribution >= 4 is 11.6 Å². The van der Waals surface area contributed by atoms with Gasteiger partial charge in [-0.3, -0.25) is 0 Å². The molecule has 3 aromatic rings. The van der Waals surface area contributed by atoms with Crippen molar-refractivity contribution in [2.24, 2.45) is 0 Å². The van der Waals surface area contributed by atoms with E-state index in [1.807, 2.05) is 19.1 Å². The Bertz CT molecular complexity index is 1030. The Kier molecular flexibility index (Phi) is 5.82. The number of benzene rings is 1. The third-order valence-electron chi connectivity index (χ3n) is 4.86. The number of nitrogens with zero attached hydrogens (tertiary/aromatic N) is 5. The van der Waals surface area contributed by atoms with Gasteiger partial charge in [0.15, 0.2) is 0 Å². The first-order chi connectivity index (χ1) is 13.9. The minimum atomic E-state index is -2.68. The van der Waals surface area contributed by atoms with Crippen molar-refractivity contribution in [2.45, 2.75) is 51.9 Å². The molecule has 0 radical (unpaired) electrons. The van der Waals surface area contributed by atoms with Gasteiger partial charge in [-0.15, -0.1) is 5.10 Å². The number of hydrogen-bond acceptors (Lipinski definition) is 7. The summed E-state index contributed by atoms with van der Waals surface area (Å²) in [5.41, 5.74) is -0.307. The van der Waals surface area contributed by atoms with Gasteiger partial charge in [-0.1, -0.05) is 5.21 Å². The molecule has 0 aliphatic carbocycles. The van der Waals surface area contributed by atoms with Crippen LogP contribution < -0.4 is 5.32 Å². The van der Waals surface area contributed by atoms with Crippen LogP contribution in [-0.4, -0.2) is 46.4 Å². The maximum absolute atomic E-state index is 12.9. The highest BCUT2D eigenvalue weighted by atomic mass is 19.3. The summed E-state index contributed by atoms with van der Waals surface area (Å²) in [6.45, 7) is 6.50. The highest BCUT2D eigenvalue weighted by Gasteiger charge is 2.38. The van der Waals surface area contributed by atoms with Crippen LogP contribution in [0.5, 0.6) is 0 Å². The molecule has 30 heavy (non-hydrogen) atoms. The third-order valence-corrected chi connectivity index (χ3v) is 4.86. The fourth-order valence-electron chi connectivity index (χ4n) is 2.70. The second-order valence-corrected chi connectivity index (χ2v) is 7.95. The molecule has 0 fully saturated rings. The van der Waals surface area contributed by atoms with Gasteiger partial charge in [-0.2, -0.15) is 0 Å². The fourth-order valence-corrected chi connectivity index (χ4v) is 2.70. The molecule has 0 bridgehead atoms. The lowest BCUT2D eigenvalue weighted by Gasteiger charge is -2.35. The van der Waals surface area contributed by atoms with E-state index in [-0.39, 0.29) is 18.2 Å². The van der Waals surface area contributed by atoms with E-state index in [9.17, 15) is 19.0 Å². The lowest BCUT2D eigenvalue weighted by Crippen LogP contribution is -2.50. The summed E-state index contributed by atoms with van der Waals surface area (Å²) < 4.78 is 27.2.